The van der Waals surface area contributed by atoms with Crippen molar-refractivity contribution in [3.05, 3.63) is 28.7 Å². The highest BCUT2D eigenvalue weighted by Gasteiger charge is 2.41. The number of carbonyl (C=O) groups is 2. The average Bonchev–Trinajstić information content (AvgIpc) is 2.44. The van der Waals surface area contributed by atoms with E-state index in [1.54, 1.807) is 19.1 Å². The SMILES string of the molecule is CCC(C(C(=O)Nc1ccc(Br)cc1)C(C)C(=O)O)C(C)(C)C. The summed E-state index contributed by atoms with van der Waals surface area (Å²) in [5, 5.41) is 12.3. The zero-order valence-electron chi connectivity index (χ0n) is 14.4. The number of nitrogens with one attached hydrogen (secondary N) is 1. The monoisotopic (exact) mass is 383 g/mol. The minimum atomic E-state index is -0.941. The molecule has 1 aromatic carbocycles. The summed E-state index contributed by atoms with van der Waals surface area (Å²) in [5.41, 5.74) is 0.518. The highest BCUT2D eigenvalue weighted by molar-refractivity contribution is 9.10. The Morgan fingerprint density at radius 2 is 1.74 bits per heavy atom. The Morgan fingerprint density at radius 1 is 1.22 bits per heavy atom. The van der Waals surface area contributed by atoms with Crippen LogP contribution in [0.25, 0.3) is 0 Å². The van der Waals surface area contributed by atoms with Crippen LogP contribution in [0.4, 0.5) is 5.69 Å². The van der Waals surface area contributed by atoms with Gasteiger partial charge in [0.25, 0.3) is 0 Å². The van der Waals surface area contributed by atoms with Crippen molar-refractivity contribution in [3.8, 4) is 0 Å². The van der Waals surface area contributed by atoms with Crippen molar-refractivity contribution in [2.24, 2.45) is 23.2 Å². The minimum absolute atomic E-state index is 0.0240. The number of aliphatic carboxylic acids is 1. The Balaban J connectivity index is 3.10. The van der Waals surface area contributed by atoms with E-state index >= 15 is 0 Å². The summed E-state index contributed by atoms with van der Waals surface area (Å²) < 4.78 is 0.923. The van der Waals surface area contributed by atoms with Crippen molar-refractivity contribution >= 4 is 33.5 Å². The third kappa shape index (κ3) is 5.34. The summed E-state index contributed by atoms with van der Waals surface area (Å²) >= 11 is 3.35. The Kier molecular flexibility index (Phi) is 6.81. The van der Waals surface area contributed by atoms with Gasteiger partial charge < -0.3 is 10.4 Å². The highest BCUT2D eigenvalue weighted by Crippen LogP contribution is 2.39. The molecule has 1 aromatic rings. The predicted molar refractivity (Wildman–Crippen MR) is 96.3 cm³/mol. The summed E-state index contributed by atoms with van der Waals surface area (Å²) in [6.07, 6.45) is 0.750. The number of hydrogen-bond acceptors (Lipinski definition) is 2. The van der Waals surface area contributed by atoms with E-state index in [2.05, 4.69) is 42.0 Å². The number of amides is 1. The van der Waals surface area contributed by atoms with Crippen LogP contribution in [0.15, 0.2) is 28.7 Å². The van der Waals surface area contributed by atoms with Crippen molar-refractivity contribution < 1.29 is 14.7 Å². The first-order chi connectivity index (χ1) is 10.6. The van der Waals surface area contributed by atoms with E-state index in [1.807, 2.05) is 19.1 Å². The standard InChI is InChI=1S/C18H26BrNO3/c1-6-14(18(3,4)5)15(11(2)17(22)23)16(21)20-13-9-7-12(19)8-10-13/h7-11,14-15H,6H2,1-5H3,(H,20,21)(H,22,23). The Bertz CT molecular complexity index is 548. The third-order valence-corrected chi connectivity index (χ3v) is 4.86. The van der Waals surface area contributed by atoms with Crippen molar-refractivity contribution in [2.45, 2.75) is 41.0 Å². The molecule has 1 rings (SSSR count). The topological polar surface area (TPSA) is 66.4 Å². The van der Waals surface area contributed by atoms with E-state index in [0.29, 0.717) is 5.69 Å². The first-order valence-electron chi connectivity index (χ1n) is 7.87. The van der Waals surface area contributed by atoms with Crippen LogP contribution < -0.4 is 5.32 Å². The van der Waals surface area contributed by atoms with E-state index in [0.717, 1.165) is 10.9 Å². The van der Waals surface area contributed by atoms with Crippen molar-refractivity contribution in [2.75, 3.05) is 5.32 Å². The first-order valence-corrected chi connectivity index (χ1v) is 8.66. The van der Waals surface area contributed by atoms with Gasteiger partial charge in [-0.2, -0.15) is 0 Å². The first kappa shape index (κ1) is 19.7. The molecule has 0 saturated carbocycles. The molecule has 0 radical (unpaired) electrons. The number of carboxylic acid groups (broad SMARTS) is 1. The van der Waals surface area contributed by atoms with Gasteiger partial charge in [-0.05, 0) is 35.6 Å². The molecule has 0 aliphatic rings. The van der Waals surface area contributed by atoms with Crippen LogP contribution in [-0.4, -0.2) is 17.0 Å². The van der Waals surface area contributed by atoms with E-state index in [-0.39, 0.29) is 17.2 Å². The zero-order chi connectivity index (χ0) is 17.8. The van der Waals surface area contributed by atoms with E-state index in [4.69, 9.17) is 0 Å². The summed E-state index contributed by atoms with van der Waals surface area (Å²) in [4.78, 5) is 24.3. The number of rotatable bonds is 6. The van der Waals surface area contributed by atoms with Crippen LogP contribution in [0.3, 0.4) is 0 Å². The van der Waals surface area contributed by atoms with E-state index < -0.39 is 17.8 Å². The van der Waals surface area contributed by atoms with E-state index in [1.165, 1.54) is 0 Å². The van der Waals surface area contributed by atoms with Gasteiger partial charge in [0, 0.05) is 10.2 Å². The van der Waals surface area contributed by atoms with Gasteiger partial charge in [-0.25, -0.2) is 0 Å². The zero-order valence-corrected chi connectivity index (χ0v) is 16.0. The van der Waals surface area contributed by atoms with Crippen molar-refractivity contribution in [3.63, 3.8) is 0 Å². The maximum Gasteiger partial charge on any atom is 0.307 e. The molecule has 0 saturated heterocycles. The van der Waals surface area contributed by atoms with Gasteiger partial charge in [0.05, 0.1) is 11.8 Å². The van der Waals surface area contributed by atoms with Gasteiger partial charge >= 0.3 is 5.97 Å². The highest BCUT2D eigenvalue weighted by atomic mass is 79.9. The molecule has 0 aliphatic carbocycles. The molecule has 0 aromatic heterocycles. The van der Waals surface area contributed by atoms with Gasteiger partial charge in [-0.15, -0.1) is 0 Å². The Morgan fingerprint density at radius 3 is 2.13 bits per heavy atom. The molecule has 0 fully saturated rings. The fraction of sp³-hybridized carbons (Fsp3) is 0.556. The maximum absolute atomic E-state index is 12.8. The number of hydrogen-bond donors (Lipinski definition) is 2. The van der Waals surface area contributed by atoms with Crippen LogP contribution in [0.2, 0.25) is 0 Å². The third-order valence-electron chi connectivity index (χ3n) is 4.33. The second-order valence-electron chi connectivity index (χ2n) is 7.03. The largest absolute Gasteiger partial charge is 0.481 e. The molecule has 0 aliphatic heterocycles. The van der Waals surface area contributed by atoms with Gasteiger partial charge in [-0.1, -0.05) is 57.0 Å². The lowest BCUT2D eigenvalue weighted by atomic mass is 9.67. The molecule has 4 nitrogen and oxygen atoms in total. The minimum Gasteiger partial charge on any atom is -0.481 e. The molecule has 128 valence electrons. The number of benzene rings is 1. The van der Waals surface area contributed by atoms with Gasteiger partial charge in [0.15, 0.2) is 0 Å². The van der Waals surface area contributed by atoms with Crippen LogP contribution >= 0.6 is 15.9 Å². The molecule has 0 heterocycles. The van der Waals surface area contributed by atoms with Gasteiger partial charge in [0.1, 0.15) is 0 Å². The molecule has 3 atom stereocenters. The molecule has 1 amide bonds. The quantitative estimate of drug-likeness (QED) is 0.741. The normalized spacial score (nSPS) is 15.6. The fourth-order valence-electron chi connectivity index (χ4n) is 3.08. The van der Waals surface area contributed by atoms with Crippen LogP contribution in [0, 0.1) is 23.2 Å². The average molecular weight is 384 g/mol. The van der Waals surface area contributed by atoms with Crippen LogP contribution in [-0.2, 0) is 9.59 Å². The maximum atomic E-state index is 12.8. The number of halogens is 1. The molecular formula is C18H26BrNO3. The van der Waals surface area contributed by atoms with Crippen molar-refractivity contribution in [1.29, 1.82) is 0 Å². The molecule has 0 bridgehead atoms. The molecule has 2 N–H and O–H groups in total. The molecule has 5 heteroatoms. The summed E-state index contributed by atoms with van der Waals surface area (Å²) in [6, 6.07) is 7.27. The molecular weight excluding hydrogens is 358 g/mol. The smallest absolute Gasteiger partial charge is 0.307 e. The number of carboxylic acids is 1. The molecule has 0 spiro atoms. The Labute approximate surface area is 146 Å². The second kappa shape index (κ2) is 7.95. The van der Waals surface area contributed by atoms with Gasteiger partial charge in [0.2, 0.25) is 5.91 Å². The van der Waals surface area contributed by atoms with Crippen LogP contribution in [0.5, 0.6) is 0 Å². The molecule has 3 unspecified atom stereocenters. The van der Waals surface area contributed by atoms with E-state index in [9.17, 15) is 14.7 Å². The lowest BCUT2D eigenvalue weighted by Gasteiger charge is -2.37. The van der Waals surface area contributed by atoms with Gasteiger partial charge in [-0.3, -0.25) is 9.59 Å². The van der Waals surface area contributed by atoms with Crippen LogP contribution in [0.1, 0.15) is 41.0 Å². The predicted octanol–water partition coefficient (Wildman–Crippen LogP) is 4.80. The van der Waals surface area contributed by atoms with Crippen molar-refractivity contribution in [1.82, 2.24) is 0 Å². The second-order valence-corrected chi connectivity index (χ2v) is 7.95. The summed E-state index contributed by atoms with van der Waals surface area (Å²) in [6.45, 7) is 9.77. The number of carbonyl (C=O) groups excluding carboxylic acids is 1. The lowest BCUT2D eigenvalue weighted by Crippen LogP contribution is -2.42. The fourth-order valence-corrected chi connectivity index (χ4v) is 3.34. The Hall–Kier alpha value is -1.36. The summed E-state index contributed by atoms with van der Waals surface area (Å²) in [5.74, 6) is -2.52. The summed E-state index contributed by atoms with van der Waals surface area (Å²) in [7, 11) is 0. The lowest BCUT2D eigenvalue weighted by molar-refractivity contribution is -0.148. The molecule has 23 heavy (non-hydrogen) atoms. The number of anilines is 1.